The van der Waals surface area contributed by atoms with Crippen molar-refractivity contribution in [2.24, 2.45) is 0 Å². The lowest BCUT2D eigenvalue weighted by Gasteiger charge is -2.14. The second-order valence-electron chi connectivity index (χ2n) is 6.44. The van der Waals surface area contributed by atoms with Gasteiger partial charge in [0.15, 0.2) is 0 Å². The third-order valence-corrected chi connectivity index (χ3v) is 4.31. The van der Waals surface area contributed by atoms with Gasteiger partial charge in [0.05, 0.1) is 17.2 Å². The quantitative estimate of drug-likeness (QED) is 0.546. The van der Waals surface area contributed by atoms with E-state index in [-0.39, 0.29) is 35.2 Å². The van der Waals surface area contributed by atoms with Gasteiger partial charge in [0.2, 0.25) is 5.91 Å². The summed E-state index contributed by atoms with van der Waals surface area (Å²) in [6.45, 7) is 2.52. The second-order valence-corrected chi connectivity index (χ2v) is 6.84. The van der Waals surface area contributed by atoms with E-state index in [0.29, 0.717) is 30.0 Å². The van der Waals surface area contributed by atoms with Crippen LogP contribution in [0.1, 0.15) is 34.1 Å². The molecular formula is C21H24ClN3O4. The molecule has 0 fully saturated rings. The number of ether oxygens (including phenoxy) is 1. The molecule has 0 radical (unpaired) electrons. The lowest BCUT2D eigenvalue weighted by molar-refractivity contribution is -0.116. The molecule has 0 aromatic heterocycles. The Labute approximate surface area is 174 Å². The molecular weight excluding hydrogens is 394 g/mol. The first-order chi connectivity index (χ1) is 13.9. The van der Waals surface area contributed by atoms with Crippen molar-refractivity contribution in [1.29, 1.82) is 0 Å². The highest BCUT2D eigenvalue weighted by molar-refractivity contribution is 6.34. The molecule has 0 aliphatic carbocycles. The van der Waals surface area contributed by atoms with E-state index in [9.17, 15) is 14.4 Å². The number of carbonyl (C=O) groups excluding carboxylic acids is 3. The Balaban J connectivity index is 1.87. The molecule has 8 heteroatoms. The van der Waals surface area contributed by atoms with Crippen LogP contribution < -0.4 is 16.0 Å². The number of benzene rings is 2. The first kappa shape index (κ1) is 22.4. The van der Waals surface area contributed by atoms with E-state index in [1.165, 1.54) is 6.07 Å². The van der Waals surface area contributed by atoms with Gasteiger partial charge in [-0.05, 0) is 37.3 Å². The molecule has 1 unspecified atom stereocenters. The molecule has 2 aromatic rings. The maximum absolute atomic E-state index is 12.2. The maximum atomic E-state index is 12.2. The van der Waals surface area contributed by atoms with Gasteiger partial charge >= 0.3 is 0 Å². The summed E-state index contributed by atoms with van der Waals surface area (Å²) in [4.78, 5) is 36.4. The minimum atomic E-state index is -0.357. The Hall–Kier alpha value is -2.90. The Morgan fingerprint density at radius 1 is 1.07 bits per heavy atom. The minimum absolute atomic E-state index is 0.0927. The van der Waals surface area contributed by atoms with Crippen LogP contribution in [0.15, 0.2) is 48.5 Å². The first-order valence-corrected chi connectivity index (χ1v) is 9.51. The number of amides is 3. The monoisotopic (exact) mass is 417 g/mol. The van der Waals surface area contributed by atoms with Gasteiger partial charge in [0.1, 0.15) is 0 Å². The molecule has 0 saturated heterocycles. The van der Waals surface area contributed by atoms with Crippen LogP contribution in [0.3, 0.4) is 0 Å². The second kappa shape index (κ2) is 11.2. The third-order valence-electron chi connectivity index (χ3n) is 3.99. The van der Waals surface area contributed by atoms with E-state index in [1.807, 2.05) is 6.07 Å². The number of hydrogen-bond acceptors (Lipinski definition) is 4. The minimum Gasteiger partial charge on any atom is -0.383 e. The molecule has 0 heterocycles. The van der Waals surface area contributed by atoms with Gasteiger partial charge in [-0.15, -0.1) is 0 Å². The van der Waals surface area contributed by atoms with Crippen LogP contribution in [0.4, 0.5) is 5.69 Å². The van der Waals surface area contributed by atoms with E-state index >= 15 is 0 Å². The summed E-state index contributed by atoms with van der Waals surface area (Å²) >= 11 is 6.16. The largest absolute Gasteiger partial charge is 0.383 e. The highest BCUT2D eigenvalue weighted by atomic mass is 35.5. The van der Waals surface area contributed by atoms with Crippen LogP contribution in [0.25, 0.3) is 0 Å². The Kier molecular flexibility index (Phi) is 8.64. The maximum Gasteiger partial charge on any atom is 0.252 e. The SMILES string of the molecule is COCCNC(=O)c1ccc(NC(=O)CC(C)NC(=O)c2ccccc2)cc1Cl. The lowest BCUT2D eigenvalue weighted by atomic mass is 10.1. The van der Waals surface area contributed by atoms with E-state index in [1.54, 1.807) is 50.4 Å². The summed E-state index contributed by atoms with van der Waals surface area (Å²) in [7, 11) is 1.55. The fourth-order valence-electron chi connectivity index (χ4n) is 2.58. The number of methoxy groups -OCH3 is 1. The van der Waals surface area contributed by atoms with E-state index in [0.717, 1.165) is 0 Å². The molecule has 0 bridgehead atoms. The van der Waals surface area contributed by atoms with Crippen molar-refractivity contribution >= 4 is 35.0 Å². The van der Waals surface area contributed by atoms with Crippen LogP contribution in [-0.2, 0) is 9.53 Å². The molecule has 2 rings (SSSR count). The molecule has 0 aliphatic heterocycles. The zero-order valence-corrected chi connectivity index (χ0v) is 17.1. The van der Waals surface area contributed by atoms with Gasteiger partial charge in [-0.3, -0.25) is 14.4 Å². The fraction of sp³-hybridized carbons (Fsp3) is 0.286. The van der Waals surface area contributed by atoms with Gasteiger partial charge in [0.25, 0.3) is 11.8 Å². The van der Waals surface area contributed by atoms with Crippen LogP contribution in [0, 0.1) is 0 Å². The molecule has 3 N–H and O–H groups in total. The average Bonchev–Trinajstić information content (AvgIpc) is 2.68. The summed E-state index contributed by atoms with van der Waals surface area (Å²) in [5, 5.41) is 8.41. The van der Waals surface area contributed by atoms with Crippen LogP contribution in [-0.4, -0.2) is 44.0 Å². The van der Waals surface area contributed by atoms with Gasteiger partial charge < -0.3 is 20.7 Å². The number of nitrogens with one attached hydrogen (secondary N) is 3. The fourth-order valence-corrected chi connectivity index (χ4v) is 2.84. The van der Waals surface area contributed by atoms with Gasteiger partial charge in [0, 0.05) is 37.4 Å². The Morgan fingerprint density at radius 2 is 1.79 bits per heavy atom. The van der Waals surface area contributed by atoms with E-state index < -0.39 is 0 Å². The summed E-state index contributed by atoms with van der Waals surface area (Å²) in [5.74, 6) is -0.834. The molecule has 0 aliphatic rings. The third kappa shape index (κ3) is 7.21. The van der Waals surface area contributed by atoms with Crippen molar-refractivity contribution in [2.75, 3.05) is 25.6 Å². The molecule has 2 aromatic carbocycles. The molecule has 29 heavy (non-hydrogen) atoms. The summed E-state index contributed by atoms with van der Waals surface area (Å²) in [6.07, 6.45) is 0.0927. The van der Waals surface area contributed by atoms with E-state index in [2.05, 4.69) is 16.0 Å². The molecule has 154 valence electrons. The predicted octanol–water partition coefficient (Wildman–Crippen LogP) is 2.86. The lowest BCUT2D eigenvalue weighted by Crippen LogP contribution is -2.35. The molecule has 1 atom stereocenters. The summed E-state index contributed by atoms with van der Waals surface area (Å²) in [5.41, 5.74) is 1.31. The summed E-state index contributed by atoms with van der Waals surface area (Å²) in [6, 6.07) is 13.1. The first-order valence-electron chi connectivity index (χ1n) is 9.13. The normalized spacial score (nSPS) is 11.4. The molecule has 7 nitrogen and oxygen atoms in total. The zero-order chi connectivity index (χ0) is 21.2. The zero-order valence-electron chi connectivity index (χ0n) is 16.3. The van der Waals surface area contributed by atoms with E-state index in [4.69, 9.17) is 16.3 Å². The number of anilines is 1. The summed E-state index contributed by atoms with van der Waals surface area (Å²) < 4.78 is 4.88. The number of halogens is 1. The van der Waals surface area contributed by atoms with Crippen LogP contribution in [0.2, 0.25) is 5.02 Å². The predicted molar refractivity (Wildman–Crippen MR) is 112 cm³/mol. The topological polar surface area (TPSA) is 96.5 Å². The van der Waals surface area contributed by atoms with Crippen LogP contribution >= 0.6 is 11.6 Å². The van der Waals surface area contributed by atoms with Crippen LogP contribution in [0.5, 0.6) is 0 Å². The average molecular weight is 418 g/mol. The smallest absolute Gasteiger partial charge is 0.252 e. The highest BCUT2D eigenvalue weighted by Gasteiger charge is 2.15. The molecule has 0 saturated carbocycles. The Bertz CT molecular complexity index is 858. The molecule has 3 amide bonds. The van der Waals surface area contributed by atoms with Crippen molar-refractivity contribution in [1.82, 2.24) is 10.6 Å². The van der Waals surface area contributed by atoms with Crippen molar-refractivity contribution in [3.05, 3.63) is 64.7 Å². The highest BCUT2D eigenvalue weighted by Crippen LogP contribution is 2.21. The van der Waals surface area contributed by atoms with Gasteiger partial charge in [-0.25, -0.2) is 0 Å². The Morgan fingerprint density at radius 3 is 2.45 bits per heavy atom. The van der Waals surface area contributed by atoms with Crippen molar-refractivity contribution < 1.29 is 19.1 Å². The van der Waals surface area contributed by atoms with Crippen molar-refractivity contribution in [3.63, 3.8) is 0 Å². The van der Waals surface area contributed by atoms with Crippen molar-refractivity contribution in [3.8, 4) is 0 Å². The van der Waals surface area contributed by atoms with Gasteiger partial charge in [-0.1, -0.05) is 29.8 Å². The number of carbonyl (C=O) groups is 3. The number of hydrogen-bond donors (Lipinski definition) is 3. The van der Waals surface area contributed by atoms with Crippen molar-refractivity contribution in [2.45, 2.75) is 19.4 Å². The standard InChI is InChI=1S/C21H24ClN3O4/c1-14(24-20(27)15-6-4-3-5-7-15)12-19(26)25-16-8-9-17(18(22)13-16)21(28)23-10-11-29-2/h3-9,13-14H,10-12H2,1-2H3,(H,23,28)(H,24,27)(H,25,26). The number of rotatable bonds is 9. The van der Waals surface area contributed by atoms with Gasteiger partial charge in [-0.2, -0.15) is 0 Å². The molecule has 0 spiro atoms.